The number of aromatic nitrogens is 2. The molecule has 0 unspecified atom stereocenters. The van der Waals surface area contributed by atoms with Gasteiger partial charge in [-0.3, -0.25) is 14.6 Å². The van der Waals surface area contributed by atoms with E-state index in [0.717, 1.165) is 31.6 Å². The topological polar surface area (TPSA) is 78.6 Å². The Hall–Kier alpha value is -2.51. The standard InChI is InChI=1S/C21H30N6O/c1-4-25(2)20(16-8-6-5-7-9-16)21(28)27-13-11-17(14-27)26(3)15-19-23-12-10-18(22)24-19/h5-10,12,17,20H,4,11,13-15H2,1-3H3,(H2,22,23,24)/t17-,20+/m1/s1. The molecular weight excluding hydrogens is 352 g/mol. The van der Waals surface area contributed by atoms with E-state index in [-0.39, 0.29) is 18.0 Å². The number of likely N-dealkylation sites (tertiary alicyclic amines) is 1. The molecule has 2 heterocycles. The Morgan fingerprint density at radius 2 is 2.04 bits per heavy atom. The average molecular weight is 383 g/mol. The SMILES string of the molecule is CCN(C)[C@H](C(=O)N1CC[C@@H](N(C)Cc2nccc(N)n2)C1)c1ccccc1. The lowest BCUT2D eigenvalue weighted by Crippen LogP contribution is -2.42. The van der Waals surface area contributed by atoms with E-state index in [4.69, 9.17) is 5.73 Å². The van der Waals surface area contributed by atoms with Crippen LogP contribution in [-0.2, 0) is 11.3 Å². The smallest absolute Gasteiger partial charge is 0.244 e. The first kappa shape index (κ1) is 20.2. The van der Waals surface area contributed by atoms with Gasteiger partial charge in [-0.05, 0) is 38.7 Å². The molecule has 3 rings (SSSR count). The zero-order valence-corrected chi connectivity index (χ0v) is 17.0. The zero-order chi connectivity index (χ0) is 20.1. The molecule has 7 nitrogen and oxygen atoms in total. The minimum atomic E-state index is -0.243. The second-order valence-electron chi connectivity index (χ2n) is 7.43. The number of nitrogen functional groups attached to an aromatic ring is 1. The van der Waals surface area contributed by atoms with Crippen LogP contribution in [0.15, 0.2) is 42.6 Å². The highest BCUT2D eigenvalue weighted by Crippen LogP contribution is 2.25. The van der Waals surface area contributed by atoms with Gasteiger partial charge in [0.2, 0.25) is 5.91 Å². The Morgan fingerprint density at radius 1 is 1.29 bits per heavy atom. The number of likely N-dealkylation sites (N-methyl/N-ethyl adjacent to an activating group) is 2. The van der Waals surface area contributed by atoms with Crippen LogP contribution in [0.3, 0.4) is 0 Å². The van der Waals surface area contributed by atoms with Gasteiger partial charge < -0.3 is 10.6 Å². The molecule has 1 aliphatic heterocycles. The third kappa shape index (κ3) is 4.66. The van der Waals surface area contributed by atoms with Crippen LogP contribution in [-0.4, -0.2) is 70.3 Å². The molecule has 1 amide bonds. The molecular formula is C21H30N6O. The summed E-state index contributed by atoms with van der Waals surface area (Å²) in [5, 5.41) is 0. The number of carbonyl (C=O) groups excluding carboxylic acids is 1. The Morgan fingerprint density at radius 3 is 2.71 bits per heavy atom. The monoisotopic (exact) mass is 382 g/mol. The van der Waals surface area contributed by atoms with Crippen molar-refractivity contribution in [3.8, 4) is 0 Å². The van der Waals surface area contributed by atoms with Gasteiger partial charge in [-0.25, -0.2) is 9.97 Å². The first-order valence-electron chi connectivity index (χ1n) is 9.81. The molecule has 0 aliphatic carbocycles. The predicted octanol–water partition coefficient (Wildman–Crippen LogP) is 1.78. The van der Waals surface area contributed by atoms with Crippen molar-refractivity contribution < 1.29 is 4.79 Å². The number of rotatable bonds is 7. The Kier molecular flexibility index (Phi) is 6.59. The van der Waals surface area contributed by atoms with Crippen LogP contribution in [0, 0.1) is 0 Å². The van der Waals surface area contributed by atoms with Crippen molar-refractivity contribution in [3.63, 3.8) is 0 Å². The van der Waals surface area contributed by atoms with E-state index in [1.54, 1.807) is 12.3 Å². The van der Waals surface area contributed by atoms with Gasteiger partial charge in [-0.2, -0.15) is 0 Å². The van der Waals surface area contributed by atoms with Crippen LogP contribution < -0.4 is 5.73 Å². The molecule has 1 saturated heterocycles. The molecule has 2 aromatic rings. The van der Waals surface area contributed by atoms with Gasteiger partial charge >= 0.3 is 0 Å². The third-order valence-electron chi connectivity index (χ3n) is 5.51. The maximum absolute atomic E-state index is 13.3. The van der Waals surface area contributed by atoms with Gasteiger partial charge in [0.05, 0.1) is 6.54 Å². The summed E-state index contributed by atoms with van der Waals surface area (Å²) in [5.41, 5.74) is 6.80. The number of hydrogen-bond donors (Lipinski definition) is 1. The maximum atomic E-state index is 13.3. The fraction of sp³-hybridized carbons (Fsp3) is 0.476. The van der Waals surface area contributed by atoms with Crippen molar-refractivity contribution >= 4 is 11.7 Å². The van der Waals surface area contributed by atoms with Crippen LogP contribution in [0.25, 0.3) is 0 Å². The van der Waals surface area contributed by atoms with Crippen molar-refractivity contribution in [2.75, 3.05) is 39.5 Å². The van der Waals surface area contributed by atoms with Gasteiger partial charge in [-0.1, -0.05) is 37.3 Å². The number of benzene rings is 1. The average Bonchev–Trinajstić information content (AvgIpc) is 3.19. The number of carbonyl (C=O) groups is 1. The molecule has 2 N–H and O–H groups in total. The summed E-state index contributed by atoms with van der Waals surface area (Å²) in [5.74, 6) is 1.36. The molecule has 150 valence electrons. The first-order chi connectivity index (χ1) is 13.5. The highest BCUT2D eigenvalue weighted by atomic mass is 16.2. The van der Waals surface area contributed by atoms with Crippen LogP contribution >= 0.6 is 0 Å². The van der Waals surface area contributed by atoms with Crippen LogP contribution in [0.5, 0.6) is 0 Å². The van der Waals surface area contributed by atoms with E-state index in [9.17, 15) is 4.79 Å². The summed E-state index contributed by atoms with van der Waals surface area (Å²) in [6, 6.07) is 11.8. The molecule has 1 aromatic heterocycles. The molecule has 0 radical (unpaired) electrons. The van der Waals surface area contributed by atoms with Gasteiger partial charge in [0, 0.05) is 25.3 Å². The Bertz CT molecular complexity index is 783. The Balaban J connectivity index is 1.66. The lowest BCUT2D eigenvalue weighted by atomic mass is 10.0. The third-order valence-corrected chi connectivity index (χ3v) is 5.51. The lowest BCUT2D eigenvalue weighted by molar-refractivity contribution is -0.135. The van der Waals surface area contributed by atoms with E-state index >= 15 is 0 Å². The van der Waals surface area contributed by atoms with Crippen LogP contribution in [0.1, 0.15) is 30.8 Å². The van der Waals surface area contributed by atoms with E-state index in [0.29, 0.717) is 18.2 Å². The fourth-order valence-corrected chi connectivity index (χ4v) is 3.72. The molecule has 28 heavy (non-hydrogen) atoms. The van der Waals surface area contributed by atoms with Crippen molar-refractivity contribution in [3.05, 3.63) is 54.0 Å². The highest BCUT2D eigenvalue weighted by molar-refractivity contribution is 5.83. The maximum Gasteiger partial charge on any atom is 0.244 e. The number of hydrogen-bond acceptors (Lipinski definition) is 6. The molecule has 1 aliphatic rings. The lowest BCUT2D eigenvalue weighted by Gasteiger charge is -2.31. The highest BCUT2D eigenvalue weighted by Gasteiger charge is 2.34. The number of amides is 1. The first-order valence-corrected chi connectivity index (χ1v) is 9.81. The van der Waals surface area contributed by atoms with E-state index in [1.165, 1.54) is 0 Å². The summed E-state index contributed by atoms with van der Waals surface area (Å²) >= 11 is 0. The molecule has 2 atom stereocenters. The molecule has 0 saturated carbocycles. The minimum absolute atomic E-state index is 0.173. The van der Waals surface area contributed by atoms with Crippen LogP contribution in [0.2, 0.25) is 0 Å². The predicted molar refractivity (Wildman–Crippen MR) is 110 cm³/mol. The normalized spacial score (nSPS) is 18.0. The van der Waals surface area contributed by atoms with Crippen molar-refractivity contribution in [2.45, 2.75) is 32.0 Å². The van der Waals surface area contributed by atoms with Gasteiger partial charge in [-0.15, -0.1) is 0 Å². The Labute approximate surface area is 167 Å². The van der Waals surface area contributed by atoms with Gasteiger partial charge in [0.1, 0.15) is 17.7 Å². The van der Waals surface area contributed by atoms with Crippen molar-refractivity contribution in [1.82, 2.24) is 24.7 Å². The molecule has 7 heteroatoms. The second kappa shape index (κ2) is 9.12. The number of nitrogens with zero attached hydrogens (tertiary/aromatic N) is 5. The summed E-state index contributed by atoms with van der Waals surface area (Å²) in [6.07, 6.45) is 2.63. The van der Waals surface area contributed by atoms with Crippen molar-refractivity contribution in [2.24, 2.45) is 0 Å². The van der Waals surface area contributed by atoms with E-state index in [2.05, 4.69) is 33.7 Å². The quantitative estimate of drug-likeness (QED) is 0.787. The van der Waals surface area contributed by atoms with Gasteiger partial charge in [0.25, 0.3) is 0 Å². The largest absolute Gasteiger partial charge is 0.384 e. The zero-order valence-electron chi connectivity index (χ0n) is 17.0. The summed E-state index contributed by atoms with van der Waals surface area (Å²) < 4.78 is 0. The summed E-state index contributed by atoms with van der Waals surface area (Å²) in [4.78, 5) is 28.2. The van der Waals surface area contributed by atoms with E-state index < -0.39 is 0 Å². The summed E-state index contributed by atoms with van der Waals surface area (Å²) in [6.45, 7) is 5.00. The molecule has 0 spiro atoms. The molecule has 0 bridgehead atoms. The van der Waals surface area contributed by atoms with Crippen LogP contribution in [0.4, 0.5) is 5.82 Å². The second-order valence-corrected chi connectivity index (χ2v) is 7.43. The molecule has 1 fully saturated rings. The fourth-order valence-electron chi connectivity index (χ4n) is 3.72. The summed E-state index contributed by atoms with van der Waals surface area (Å²) in [7, 11) is 4.06. The van der Waals surface area contributed by atoms with Crippen molar-refractivity contribution in [1.29, 1.82) is 0 Å². The van der Waals surface area contributed by atoms with E-state index in [1.807, 2.05) is 42.3 Å². The minimum Gasteiger partial charge on any atom is -0.384 e. The number of nitrogens with two attached hydrogens (primary N) is 1. The van der Waals surface area contributed by atoms with Gasteiger partial charge in [0.15, 0.2) is 0 Å². The molecule has 1 aromatic carbocycles. The number of anilines is 1.